The van der Waals surface area contributed by atoms with Gasteiger partial charge in [0.2, 0.25) is 5.91 Å². The first-order valence-electron chi connectivity index (χ1n) is 10.4. The van der Waals surface area contributed by atoms with Crippen LogP contribution >= 0.6 is 0 Å². The molecule has 3 rings (SSSR count). The van der Waals surface area contributed by atoms with Crippen molar-refractivity contribution in [2.75, 3.05) is 37.6 Å². The molecule has 1 amide bonds. The zero-order valence-electron chi connectivity index (χ0n) is 16.8. The molecule has 1 saturated heterocycles. The summed E-state index contributed by atoms with van der Waals surface area (Å²) >= 11 is 0. The van der Waals surface area contributed by atoms with Gasteiger partial charge in [0.05, 0.1) is 11.8 Å². The number of nitriles is 1. The summed E-state index contributed by atoms with van der Waals surface area (Å²) in [6.45, 7) is 6.80. The lowest BCUT2D eigenvalue weighted by Gasteiger charge is -2.37. The van der Waals surface area contributed by atoms with Gasteiger partial charge in [0.15, 0.2) is 0 Å². The van der Waals surface area contributed by atoms with Crippen molar-refractivity contribution in [2.24, 2.45) is 5.92 Å². The Morgan fingerprint density at radius 2 is 1.93 bits per heavy atom. The molecular weight excluding hydrogens is 355 g/mol. The largest absolute Gasteiger partial charge is 0.367 e. The molecule has 1 aliphatic carbocycles. The Balaban J connectivity index is 1.36. The van der Waals surface area contributed by atoms with Crippen molar-refractivity contribution in [1.29, 1.82) is 5.26 Å². The summed E-state index contributed by atoms with van der Waals surface area (Å²) in [6, 6.07) is 7.47. The fourth-order valence-electron chi connectivity index (χ4n) is 4.39. The number of nitrogens with zero attached hydrogens (tertiary/aromatic N) is 3. The number of hydrogen-bond donors (Lipinski definition) is 1. The molecule has 0 unspecified atom stereocenters. The first kappa shape index (κ1) is 20.6. The number of aryl methyl sites for hydroxylation is 1. The number of anilines is 1. The Morgan fingerprint density at radius 1 is 1.21 bits per heavy atom. The number of benzene rings is 1. The van der Waals surface area contributed by atoms with E-state index in [2.05, 4.69) is 15.1 Å². The maximum absolute atomic E-state index is 14.1. The minimum absolute atomic E-state index is 0.0433. The van der Waals surface area contributed by atoms with Crippen LogP contribution in [0.3, 0.4) is 0 Å². The van der Waals surface area contributed by atoms with E-state index in [1.54, 1.807) is 6.07 Å². The van der Waals surface area contributed by atoms with Crippen molar-refractivity contribution in [3.05, 3.63) is 29.6 Å². The highest BCUT2D eigenvalue weighted by Crippen LogP contribution is 2.28. The molecule has 1 saturated carbocycles. The van der Waals surface area contributed by atoms with Gasteiger partial charge >= 0.3 is 0 Å². The maximum Gasteiger partial charge on any atom is 0.234 e. The van der Waals surface area contributed by atoms with Crippen LogP contribution in [0.1, 0.15) is 44.1 Å². The topological polar surface area (TPSA) is 59.4 Å². The monoisotopic (exact) mass is 386 g/mol. The van der Waals surface area contributed by atoms with Crippen molar-refractivity contribution in [2.45, 2.75) is 51.5 Å². The second kappa shape index (κ2) is 9.88. The van der Waals surface area contributed by atoms with Crippen LogP contribution in [0.4, 0.5) is 10.1 Å². The Labute approximate surface area is 167 Å². The van der Waals surface area contributed by atoms with Crippen LogP contribution in [0.15, 0.2) is 18.2 Å². The third-order valence-electron chi connectivity index (χ3n) is 6.12. The second-order valence-corrected chi connectivity index (χ2v) is 8.19. The Kier molecular flexibility index (Phi) is 7.27. The van der Waals surface area contributed by atoms with Gasteiger partial charge in [0.25, 0.3) is 0 Å². The van der Waals surface area contributed by atoms with E-state index < -0.39 is 0 Å². The van der Waals surface area contributed by atoms with Gasteiger partial charge in [-0.3, -0.25) is 9.69 Å². The zero-order chi connectivity index (χ0) is 19.9. The van der Waals surface area contributed by atoms with Crippen LogP contribution in [-0.2, 0) is 4.79 Å². The highest BCUT2D eigenvalue weighted by atomic mass is 19.1. The number of halogens is 1. The third kappa shape index (κ3) is 5.68. The lowest BCUT2D eigenvalue weighted by molar-refractivity contribution is -0.121. The summed E-state index contributed by atoms with van der Waals surface area (Å²) in [5.74, 6) is 0.447. The number of nitrogens with one attached hydrogen (secondary N) is 1. The minimum atomic E-state index is -0.145. The van der Waals surface area contributed by atoms with E-state index in [4.69, 9.17) is 5.26 Å². The summed E-state index contributed by atoms with van der Waals surface area (Å²) < 4.78 is 14.1. The van der Waals surface area contributed by atoms with Crippen LogP contribution < -0.4 is 10.2 Å². The molecule has 6 heteroatoms. The molecule has 0 aromatic heterocycles. The number of rotatable bonds is 6. The zero-order valence-corrected chi connectivity index (χ0v) is 16.8. The van der Waals surface area contributed by atoms with E-state index >= 15 is 0 Å². The van der Waals surface area contributed by atoms with Crippen molar-refractivity contribution in [1.82, 2.24) is 10.2 Å². The molecule has 1 N–H and O–H groups in total. The Morgan fingerprint density at radius 3 is 2.61 bits per heavy atom. The summed E-state index contributed by atoms with van der Waals surface area (Å²) in [4.78, 5) is 16.2. The van der Waals surface area contributed by atoms with Gasteiger partial charge in [0.1, 0.15) is 12.2 Å². The predicted molar refractivity (Wildman–Crippen MR) is 109 cm³/mol. The highest BCUT2D eigenvalue weighted by Gasteiger charge is 2.24. The van der Waals surface area contributed by atoms with Gasteiger partial charge in [-0.15, -0.1) is 0 Å². The number of hydrogen-bond acceptors (Lipinski definition) is 4. The van der Waals surface area contributed by atoms with Crippen LogP contribution in [0.5, 0.6) is 0 Å². The Bertz CT molecular complexity index is 701. The molecule has 152 valence electrons. The lowest BCUT2D eigenvalue weighted by atomic mass is 9.84. The molecule has 1 aliphatic heterocycles. The molecule has 2 fully saturated rings. The molecule has 5 nitrogen and oxygen atoms in total. The molecule has 0 radical (unpaired) electrons. The van der Waals surface area contributed by atoms with E-state index in [1.165, 1.54) is 6.42 Å². The quantitative estimate of drug-likeness (QED) is 0.815. The van der Waals surface area contributed by atoms with E-state index in [9.17, 15) is 9.18 Å². The van der Waals surface area contributed by atoms with Crippen molar-refractivity contribution in [3.63, 3.8) is 0 Å². The fraction of sp³-hybridized carbons (Fsp3) is 0.636. The highest BCUT2D eigenvalue weighted by molar-refractivity contribution is 5.78. The van der Waals surface area contributed by atoms with Crippen LogP contribution in [0, 0.1) is 30.0 Å². The molecule has 1 heterocycles. The van der Waals surface area contributed by atoms with Gasteiger partial charge in [-0.2, -0.15) is 5.26 Å². The third-order valence-corrected chi connectivity index (χ3v) is 6.12. The molecule has 2 aliphatic rings. The van der Waals surface area contributed by atoms with E-state index in [0.717, 1.165) is 75.6 Å². The number of carbonyl (C=O) groups excluding carboxylic acids is 1. The maximum atomic E-state index is 14.1. The molecule has 0 spiro atoms. The molecule has 0 bridgehead atoms. The normalized spacial score (nSPS) is 23.2. The summed E-state index contributed by atoms with van der Waals surface area (Å²) in [5, 5.41) is 11.5. The first-order valence-corrected chi connectivity index (χ1v) is 10.4. The van der Waals surface area contributed by atoms with Gasteiger partial charge in [-0.05, 0) is 69.2 Å². The van der Waals surface area contributed by atoms with Crippen molar-refractivity contribution >= 4 is 11.6 Å². The number of carbonyl (C=O) groups is 1. The van der Waals surface area contributed by atoms with Gasteiger partial charge in [0, 0.05) is 32.2 Å². The minimum Gasteiger partial charge on any atom is -0.367 e. The second-order valence-electron chi connectivity index (χ2n) is 8.19. The van der Waals surface area contributed by atoms with Crippen LogP contribution in [0.25, 0.3) is 0 Å². The number of piperazine rings is 1. The molecular formula is C22H31FN4O. The molecule has 0 atom stereocenters. The summed E-state index contributed by atoms with van der Waals surface area (Å²) in [7, 11) is 0. The molecule has 1 aromatic rings. The summed E-state index contributed by atoms with van der Waals surface area (Å²) in [6.07, 6.45) is 5.47. The van der Waals surface area contributed by atoms with E-state index in [0.29, 0.717) is 0 Å². The van der Waals surface area contributed by atoms with Crippen molar-refractivity contribution in [3.8, 4) is 6.07 Å². The SMILES string of the molecule is Cc1ccc(F)c(N2CCN(CC[C@H]3CC[C@H](NC(=O)CC#N)CC3)CC2)c1. The van der Waals surface area contributed by atoms with E-state index in [-0.39, 0.29) is 24.2 Å². The summed E-state index contributed by atoms with van der Waals surface area (Å²) in [5.41, 5.74) is 1.83. The van der Waals surface area contributed by atoms with Crippen LogP contribution in [-0.4, -0.2) is 49.6 Å². The smallest absolute Gasteiger partial charge is 0.234 e. The molecule has 28 heavy (non-hydrogen) atoms. The van der Waals surface area contributed by atoms with Crippen molar-refractivity contribution < 1.29 is 9.18 Å². The Hall–Kier alpha value is -2.13. The lowest BCUT2D eigenvalue weighted by Crippen LogP contribution is -2.47. The standard InChI is InChI=1S/C22H31FN4O/c1-17-2-7-20(23)21(16-17)27-14-12-26(13-15-27)11-9-18-3-5-19(6-4-18)25-22(28)8-10-24/h2,7,16,18-19H,3-6,8-9,11-15H2,1H3,(H,25,28)/t18-,19-. The fourth-order valence-corrected chi connectivity index (χ4v) is 4.39. The van der Waals surface area contributed by atoms with Gasteiger partial charge in [-0.1, -0.05) is 6.07 Å². The number of amides is 1. The van der Waals surface area contributed by atoms with Gasteiger partial charge in [-0.25, -0.2) is 4.39 Å². The predicted octanol–water partition coefficient (Wildman–Crippen LogP) is 3.23. The molecule has 1 aromatic carbocycles. The average Bonchev–Trinajstić information content (AvgIpc) is 2.70. The average molecular weight is 387 g/mol. The van der Waals surface area contributed by atoms with Gasteiger partial charge < -0.3 is 10.2 Å². The first-order chi connectivity index (χ1) is 13.5. The van der Waals surface area contributed by atoms with Crippen LogP contribution in [0.2, 0.25) is 0 Å². The van der Waals surface area contributed by atoms with E-state index in [1.807, 2.05) is 25.1 Å².